The third-order valence-electron chi connectivity index (χ3n) is 3.24. The lowest BCUT2D eigenvalue weighted by atomic mass is 10.1. The lowest BCUT2D eigenvalue weighted by Gasteiger charge is -2.09. The number of nitrogens with one attached hydrogen (secondary N) is 1. The van der Waals surface area contributed by atoms with Crippen LogP contribution in [0.4, 0.5) is 11.4 Å². The molecular weight excluding hydrogens is 264 g/mol. The van der Waals surface area contributed by atoms with Crippen LogP contribution in [-0.2, 0) is 11.2 Å². The molecule has 0 atom stereocenters. The summed E-state index contributed by atoms with van der Waals surface area (Å²) in [6, 6.07) is 13.4. The molecule has 2 aromatic carbocycles. The van der Waals surface area contributed by atoms with E-state index in [2.05, 4.69) is 11.4 Å². The summed E-state index contributed by atoms with van der Waals surface area (Å²) in [6.45, 7) is 2.05. The van der Waals surface area contributed by atoms with Crippen molar-refractivity contribution in [3.05, 3.63) is 53.6 Å². The monoisotopic (exact) mass is 284 g/mol. The maximum atomic E-state index is 12.0. The number of hydrogen-bond donors (Lipinski definition) is 2. The highest BCUT2D eigenvalue weighted by atomic mass is 16.5. The molecule has 3 N–H and O–H groups in total. The molecule has 1 amide bonds. The van der Waals surface area contributed by atoms with Crippen LogP contribution in [0.3, 0.4) is 0 Å². The highest BCUT2D eigenvalue weighted by Gasteiger charge is 2.06. The number of ether oxygens (including phenoxy) is 1. The normalized spacial score (nSPS) is 10.2. The fraction of sp³-hybridized carbons (Fsp3) is 0.235. The summed E-state index contributed by atoms with van der Waals surface area (Å²) < 4.78 is 5.13. The van der Waals surface area contributed by atoms with E-state index in [-0.39, 0.29) is 5.91 Å². The molecule has 0 saturated carbocycles. The SMILES string of the molecule is COc1cc(NC(=O)CCc2cccc(C)c2)ccc1N. The zero-order chi connectivity index (χ0) is 15.2. The van der Waals surface area contributed by atoms with Crippen LogP contribution in [0.2, 0.25) is 0 Å². The van der Waals surface area contributed by atoms with E-state index in [9.17, 15) is 4.79 Å². The number of nitrogens with two attached hydrogens (primary N) is 1. The van der Waals surface area contributed by atoms with E-state index in [1.165, 1.54) is 11.1 Å². The van der Waals surface area contributed by atoms with Crippen molar-refractivity contribution in [1.82, 2.24) is 0 Å². The quantitative estimate of drug-likeness (QED) is 0.829. The maximum absolute atomic E-state index is 12.0. The Kier molecular flexibility index (Phi) is 4.82. The molecule has 4 heteroatoms. The molecule has 0 aliphatic rings. The Balaban J connectivity index is 1.93. The first-order valence-electron chi connectivity index (χ1n) is 6.87. The molecular formula is C17H20N2O2. The highest BCUT2D eigenvalue weighted by Crippen LogP contribution is 2.25. The van der Waals surface area contributed by atoms with Gasteiger partial charge in [-0.2, -0.15) is 0 Å². The average molecular weight is 284 g/mol. The largest absolute Gasteiger partial charge is 0.495 e. The second kappa shape index (κ2) is 6.79. The average Bonchev–Trinajstić information content (AvgIpc) is 2.47. The summed E-state index contributed by atoms with van der Waals surface area (Å²) in [7, 11) is 1.55. The topological polar surface area (TPSA) is 64.3 Å². The molecule has 0 radical (unpaired) electrons. The van der Waals surface area contributed by atoms with Crippen LogP contribution < -0.4 is 15.8 Å². The lowest BCUT2D eigenvalue weighted by Crippen LogP contribution is -2.12. The first-order valence-corrected chi connectivity index (χ1v) is 6.87. The van der Waals surface area contributed by atoms with E-state index in [1.807, 2.05) is 25.1 Å². The summed E-state index contributed by atoms with van der Waals surface area (Å²) in [5, 5.41) is 2.85. The molecule has 0 bridgehead atoms. The molecule has 0 aliphatic carbocycles. The van der Waals surface area contributed by atoms with Crippen molar-refractivity contribution in [3.8, 4) is 5.75 Å². The molecule has 21 heavy (non-hydrogen) atoms. The molecule has 2 rings (SSSR count). The molecule has 110 valence electrons. The van der Waals surface area contributed by atoms with Crippen LogP contribution in [-0.4, -0.2) is 13.0 Å². The van der Waals surface area contributed by atoms with Gasteiger partial charge in [0.15, 0.2) is 0 Å². The van der Waals surface area contributed by atoms with Gasteiger partial charge in [-0.25, -0.2) is 0 Å². The van der Waals surface area contributed by atoms with Crippen LogP contribution in [0.15, 0.2) is 42.5 Å². The zero-order valence-electron chi connectivity index (χ0n) is 12.3. The lowest BCUT2D eigenvalue weighted by molar-refractivity contribution is -0.116. The Hall–Kier alpha value is -2.49. The van der Waals surface area contributed by atoms with Crippen molar-refractivity contribution >= 4 is 17.3 Å². The number of amides is 1. The van der Waals surface area contributed by atoms with Gasteiger partial charge in [0.25, 0.3) is 0 Å². The minimum atomic E-state index is -0.0247. The summed E-state index contributed by atoms with van der Waals surface area (Å²) in [5.74, 6) is 0.537. The third kappa shape index (κ3) is 4.24. The molecule has 4 nitrogen and oxygen atoms in total. The Labute approximate surface area is 124 Å². The number of benzene rings is 2. The van der Waals surface area contributed by atoms with Crippen molar-refractivity contribution in [3.63, 3.8) is 0 Å². The van der Waals surface area contributed by atoms with E-state index in [0.717, 1.165) is 6.42 Å². The van der Waals surface area contributed by atoms with Gasteiger partial charge >= 0.3 is 0 Å². The zero-order valence-corrected chi connectivity index (χ0v) is 12.3. The number of rotatable bonds is 5. The number of nitrogen functional groups attached to an aromatic ring is 1. The second-order valence-electron chi connectivity index (χ2n) is 4.99. The van der Waals surface area contributed by atoms with Crippen molar-refractivity contribution in [2.75, 3.05) is 18.2 Å². The number of carbonyl (C=O) groups excluding carboxylic acids is 1. The number of aryl methyl sites for hydroxylation is 2. The molecule has 0 aliphatic heterocycles. The van der Waals surface area contributed by atoms with E-state index in [4.69, 9.17) is 10.5 Å². The van der Waals surface area contributed by atoms with Gasteiger partial charge in [-0.3, -0.25) is 4.79 Å². The summed E-state index contributed by atoms with van der Waals surface area (Å²) in [6.07, 6.45) is 1.16. The van der Waals surface area contributed by atoms with Crippen LogP contribution >= 0.6 is 0 Å². The number of methoxy groups -OCH3 is 1. The van der Waals surface area contributed by atoms with Gasteiger partial charge in [0, 0.05) is 18.2 Å². The molecule has 0 fully saturated rings. The predicted octanol–water partition coefficient (Wildman–Crippen LogP) is 3.16. The van der Waals surface area contributed by atoms with Crippen molar-refractivity contribution in [2.45, 2.75) is 19.8 Å². The highest BCUT2D eigenvalue weighted by molar-refractivity contribution is 5.91. The van der Waals surface area contributed by atoms with Crippen LogP contribution in [0, 0.1) is 6.92 Å². The number of hydrogen-bond acceptors (Lipinski definition) is 3. The fourth-order valence-electron chi connectivity index (χ4n) is 2.14. The molecule has 0 saturated heterocycles. The van der Waals surface area contributed by atoms with Gasteiger partial charge in [-0.05, 0) is 31.0 Å². The van der Waals surface area contributed by atoms with Gasteiger partial charge in [0.1, 0.15) is 5.75 Å². The second-order valence-corrected chi connectivity index (χ2v) is 4.99. The first kappa shape index (κ1) is 14.9. The van der Waals surface area contributed by atoms with E-state index < -0.39 is 0 Å². The smallest absolute Gasteiger partial charge is 0.224 e. The van der Waals surface area contributed by atoms with Crippen LogP contribution in [0.25, 0.3) is 0 Å². The van der Waals surface area contributed by atoms with Crippen LogP contribution in [0.1, 0.15) is 17.5 Å². The van der Waals surface area contributed by atoms with Crippen LogP contribution in [0.5, 0.6) is 5.75 Å². The maximum Gasteiger partial charge on any atom is 0.224 e. The van der Waals surface area contributed by atoms with Crippen molar-refractivity contribution < 1.29 is 9.53 Å². The fourth-order valence-corrected chi connectivity index (χ4v) is 2.14. The Morgan fingerprint density at radius 2 is 2.05 bits per heavy atom. The number of anilines is 2. The first-order chi connectivity index (χ1) is 10.1. The van der Waals surface area contributed by atoms with Gasteiger partial charge in [0.05, 0.1) is 12.8 Å². The standard InChI is InChI=1S/C17H20N2O2/c1-12-4-3-5-13(10-12)6-9-17(20)19-14-7-8-15(18)16(11-14)21-2/h3-5,7-8,10-11H,6,9,18H2,1-2H3,(H,19,20). The molecule has 0 aromatic heterocycles. The summed E-state index contributed by atoms with van der Waals surface area (Å²) >= 11 is 0. The molecule has 2 aromatic rings. The van der Waals surface area contributed by atoms with Gasteiger partial charge < -0.3 is 15.8 Å². The Morgan fingerprint density at radius 3 is 2.76 bits per heavy atom. The molecule has 0 spiro atoms. The van der Waals surface area contributed by atoms with Crippen molar-refractivity contribution in [1.29, 1.82) is 0 Å². The minimum absolute atomic E-state index is 0.0247. The minimum Gasteiger partial charge on any atom is -0.495 e. The number of carbonyl (C=O) groups is 1. The Morgan fingerprint density at radius 1 is 1.24 bits per heavy atom. The van der Waals surface area contributed by atoms with Gasteiger partial charge in [-0.1, -0.05) is 29.8 Å². The summed E-state index contributed by atoms with van der Waals surface area (Å²) in [4.78, 5) is 12.0. The Bertz CT molecular complexity index is 638. The molecule has 0 heterocycles. The third-order valence-corrected chi connectivity index (χ3v) is 3.24. The predicted molar refractivity (Wildman–Crippen MR) is 85.5 cm³/mol. The summed E-state index contributed by atoms with van der Waals surface area (Å²) in [5.41, 5.74) is 9.35. The van der Waals surface area contributed by atoms with E-state index >= 15 is 0 Å². The van der Waals surface area contributed by atoms with Crippen molar-refractivity contribution in [2.24, 2.45) is 0 Å². The van der Waals surface area contributed by atoms with Gasteiger partial charge in [0.2, 0.25) is 5.91 Å². The van der Waals surface area contributed by atoms with Gasteiger partial charge in [-0.15, -0.1) is 0 Å². The van der Waals surface area contributed by atoms with E-state index in [1.54, 1.807) is 25.3 Å². The molecule has 0 unspecified atom stereocenters. The van der Waals surface area contributed by atoms with E-state index in [0.29, 0.717) is 23.5 Å².